The third kappa shape index (κ3) is 5.15. The van der Waals surface area contributed by atoms with E-state index in [0.717, 1.165) is 5.56 Å². The molecule has 6 nitrogen and oxygen atoms in total. The van der Waals surface area contributed by atoms with E-state index in [9.17, 15) is 15.3 Å². The second-order valence-electron chi connectivity index (χ2n) is 6.64. The summed E-state index contributed by atoms with van der Waals surface area (Å²) in [5.41, 5.74) is 3.10. The summed E-state index contributed by atoms with van der Waals surface area (Å²) in [5, 5.41) is 27.9. The van der Waals surface area contributed by atoms with Crippen molar-refractivity contribution in [3.05, 3.63) is 93.0 Å². The molecule has 3 aromatic rings. The van der Waals surface area contributed by atoms with E-state index in [1.165, 1.54) is 19.2 Å². The molecule has 0 bridgehead atoms. The first-order valence-electron chi connectivity index (χ1n) is 9.40. The summed E-state index contributed by atoms with van der Waals surface area (Å²) >= 11 is 3.49. The van der Waals surface area contributed by atoms with Crippen LogP contribution in [0.2, 0.25) is 0 Å². The number of rotatable bonds is 7. The van der Waals surface area contributed by atoms with Crippen molar-refractivity contribution in [2.24, 2.45) is 0 Å². The average Bonchev–Trinajstić information content (AvgIpc) is 2.81. The second-order valence-corrected chi connectivity index (χ2v) is 7.50. The minimum atomic E-state index is -1.03. The molecule has 0 radical (unpaired) electrons. The predicted molar refractivity (Wildman–Crippen MR) is 123 cm³/mol. The van der Waals surface area contributed by atoms with Crippen molar-refractivity contribution >= 4 is 33.5 Å². The van der Waals surface area contributed by atoms with Gasteiger partial charge in [-0.05, 0) is 63.5 Å². The Morgan fingerprint density at radius 2 is 1.78 bits per heavy atom. The summed E-state index contributed by atoms with van der Waals surface area (Å²) < 4.78 is 12.0. The number of ether oxygens (including phenoxy) is 2. The third-order valence-corrected chi connectivity index (χ3v) is 5.22. The van der Waals surface area contributed by atoms with Gasteiger partial charge in [0.15, 0.2) is 11.5 Å². The van der Waals surface area contributed by atoms with Crippen LogP contribution < -0.4 is 9.47 Å². The zero-order chi connectivity index (χ0) is 23.1. The number of nitrogens with zero attached hydrogens (tertiary/aromatic N) is 2. The highest BCUT2D eigenvalue weighted by molar-refractivity contribution is 9.10. The van der Waals surface area contributed by atoms with Gasteiger partial charge in [0.2, 0.25) is 0 Å². The molecule has 0 spiro atoms. The van der Waals surface area contributed by atoms with Crippen LogP contribution in [0.15, 0.2) is 65.1 Å². The standard InChI is InChI=1S/C25H17BrN2O4/c1-31-23-12-16(10-21(14-28)17-6-8-18(9-7-17)25(29)30)11-22(26)24(23)32-15-20-5-3-2-4-19(20)13-27/h2-12H,15H2,1H3,(H,29,30)/b21-10+. The molecule has 0 unspecified atom stereocenters. The van der Waals surface area contributed by atoms with Crippen molar-refractivity contribution in [3.8, 4) is 23.6 Å². The summed E-state index contributed by atoms with van der Waals surface area (Å²) in [6.07, 6.45) is 1.68. The molecule has 0 aromatic heterocycles. The van der Waals surface area contributed by atoms with Gasteiger partial charge in [-0.25, -0.2) is 4.79 Å². The quantitative estimate of drug-likeness (QED) is 0.339. The van der Waals surface area contributed by atoms with Crippen LogP contribution in [-0.2, 0) is 6.61 Å². The number of carbonyl (C=O) groups is 1. The first-order chi connectivity index (χ1) is 15.5. The Morgan fingerprint density at radius 3 is 2.41 bits per heavy atom. The van der Waals surface area contributed by atoms with Crippen LogP contribution in [-0.4, -0.2) is 18.2 Å². The maximum Gasteiger partial charge on any atom is 0.335 e. The van der Waals surface area contributed by atoms with Gasteiger partial charge in [-0.2, -0.15) is 10.5 Å². The third-order valence-electron chi connectivity index (χ3n) is 4.64. The molecule has 0 fully saturated rings. The molecule has 0 atom stereocenters. The fourth-order valence-corrected chi connectivity index (χ4v) is 3.58. The number of allylic oxidation sites excluding steroid dienone is 1. The molecule has 0 saturated heterocycles. The number of hydrogen-bond donors (Lipinski definition) is 1. The van der Waals surface area contributed by atoms with Gasteiger partial charge >= 0.3 is 5.97 Å². The number of carboxylic acids is 1. The van der Waals surface area contributed by atoms with Gasteiger partial charge in [0, 0.05) is 5.56 Å². The van der Waals surface area contributed by atoms with E-state index >= 15 is 0 Å². The predicted octanol–water partition coefficient (Wildman–Crippen LogP) is 5.67. The highest BCUT2D eigenvalue weighted by Crippen LogP contribution is 2.38. The SMILES string of the molecule is COc1cc(/C=C(\C#N)c2ccc(C(=O)O)cc2)cc(Br)c1OCc1ccccc1C#N. The fourth-order valence-electron chi connectivity index (χ4n) is 3.01. The maximum absolute atomic E-state index is 11.0. The van der Waals surface area contributed by atoms with Crippen molar-refractivity contribution in [1.29, 1.82) is 10.5 Å². The first-order valence-corrected chi connectivity index (χ1v) is 10.2. The Bertz CT molecular complexity index is 1270. The van der Waals surface area contributed by atoms with Gasteiger partial charge in [0.1, 0.15) is 6.61 Å². The lowest BCUT2D eigenvalue weighted by Gasteiger charge is -2.14. The van der Waals surface area contributed by atoms with Crippen LogP contribution in [0.3, 0.4) is 0 Å². The summed E-state index contributed by atoms with van der Waals surface area (Å²) in [7, 11) is 1.52. The lowest BCUT2D eigenvalue weighted by atomic mass is 10.0. The van der Waals surface area contributed by atoms with E-state index < -0.39 is 5.97 Å². The fraction of sp³-hybridized carbons (Fsp3) is 0.0800. The Kier molecular flexibility index (Phi) is 7.28. The first kappa shape index (κ1) is 22.6. The van der Waals surface area contributed by atoms with Crippen LogP contribution in [0.4, 0.5) is 0 Å². The number of nitriles is 2. The summed E-state index contributed by atoms with van der Waals surface area (Å²) in [5.74, 6) is -0.0963. The summed E-state index contributed by atoms with van der Waals surface area (Å²) in [6.45, 7) is 0.188. The van der Waals surface area contributed by atoms with Crippen molar-refractivity contribution in [2.45, 2.75) is 6.61 Å². The summed E-state index contributed by atoms with van der Waals surface area (Å²) in [6, 6.07) is 21.1. The topological polar surface area (TPSA) is 103 Å². The van der Waals surface area contributed by atoms with E-state index in [1.54, 1.807) is 42.5 Å². The van der Waals surface area contributed by atoms with Crippen molar-refractivity contribution in [2.75, 3.05) is 7.11 Å². The molecule has 1 N–H and O–H groups in total. The monoisotopic (exact) mass is 488 g/mol. The number of benzene rings is 3. The van der Waals surface area contributed by atoms with Crippen molar-refractivity contribution in [1.82, 2.24) is 0 Å². The van der Waals surface area contributed by atoms with Gasteiger partial charge < -0.3 is 14.6 Å². The molecule has 158 valence electrons. The van der Waals surface area contributed by atoms with Gasteiger partial charge in [0.25, 0.3) is 0 Å². The van der Waals surface area contributed by atoms with Crippen molar-refractivity contribution in [3.63, 3.8) is 0 Å². The molecule has 0 amide bonds. The maximum atomic E-state index is 11.0. The number of carboxylic acid groups (broad SMARTS) is 1. The highest BCUT2D eigenvalue weighted by atomic mass is 79.9. The Labute approximate surface area is 193 Å². The number of methoxy groups -OCH3 is 1. The minimum absolute atomic E-state index is 0.148. The molecule has 0 aliphatic heterocycles. The number of hydrogen-bond acceptors (Lipinski definition) is 5. The smallest absolute Gasteiger partial charge is 0.335 e. The van der Waals surface area contributed by atoms with Crippen LogP contribution in [0, 0.1) is 22.7 Å². The molecule has 0 aliphatic carbocycles. The number of halogens is 1. The number of aromatic carboxylic acids is 1. The van der Waals surface area contributed by atoms with E-state index in [-0.39, 0.29) is 12.2 Å². The molecule has 7 heteroatoms. The molecule has 0 aliphatic rings. The minimum Gasteiger partial charge on any atom is -0.493 e. The van der Waals surface area contributed by atoms with Gasteiger partial charge in [-0.3, -0.25) is 0 Å². The van der Waals surface area contributed by atoms with E-state index in [1.807, 2.05) is 12.1 Å². The van der Waals surface area contributed by atoms with Crippen molar-refractivity contribution < 1.29 is 19.4 Å². The van der Waals surface area contributed by atoms with Gasteiger partial charge in [0.05, 0.1) is 40.4 Å². The molecule has 0 heterocycles. The Morgan fingerprint density at radius 1 is 1.09 bits per heavy atom. The molecular formula is C25H17BrN2O4. The van der Waals surface area contributed by atoms with Gasteiger partial charge in [-0.15, -0.1) is 0 Å². The van der Waals surface area contributed by atoms with Crippen LogP contribution in [0.1, 0.15) is 32.6 Å². The largest absolute Gasteiger partial charge is 0.493 e. The average molecular weight is 489 g/mol. The zero-order valence-electron chi connectivity index (χ0n) is 17.0. The normalized spacial score (nSPS) is 10.7. The molecule has 0 saturated carbocycles. The van der Waals surface area contributed by atoms with E-state index in [0.29, 0.717) is 38.2 Å². The Balaban J connectivity index is 1.90. The molecule has 32 heavy (non-hydrogen) atoms. The molecular weight excluding hydrogens is 472 g/mol. The Hall–Kier alpha value is -4.07. The molecule has 3 aromatic carbocycles. The van der Waals surface area contributed by atoms with Crippen LogP contribution in [0.5, 0.6) is 11.5 Å². The van der Waals surface area contributed by atoms with E-state index in [2.05, 4.69) is 28.1 Å². The van der Waals surface area contributed by atoms with Crippen LogP contribution >= 0.6 is 15.9 Å². The highest BCUT2D eigenvalue weighted by Gasteiger charge is 2.13. The van der Waals surface area contributed by atoms with E-state index in [4.69, 9.17) is 14.6 Å². The lowest BCUT2D eigenvalue weighted by molar-refractivity contribution is 0.0697. The second kappa shape index (κ2) is 10.3. The summed E-state index contributed by atoms with van der Waals surface area (Å²) in [4.78, 5) is 11.0. The van der Waals surface area contributed by atoms with Gasteiger partial charge in [-0.1, -0.05) is 30.3 Å². The zero-order valence-corrected chi connectivity index (χ0v) is 18.6. The van der Waals surface area contributed by atoms with Crippen LogP contribution in [0.25, 0.3) is 11.6 Å². The lowest BCUT2D eigenvalue weighted by Crippen LogP contribution is -2.01. The molecule has 3 rings (SSSR count).